The average Bonchev–Trinajstić information content (AvgIpc) is 3.04. The van der Waals surface area contributed by atoms with Crippen molar-refractivity contribution in [3.8, 4) is 11.1 Å². The molecule has 0 amide bonds. The Bertz CT molecular complexity index is 739. The van der Waals surface area contributed by atoms with E-state index in [9.17, 15) is 0 Å². The van der Waals surface area contributed by atoms with Gasteiger partial charge in [-0.05, 0) is 6.42 Å². The van der Waals surface area contributed by atoms with Gasteiger partial charge in [-0.25, -0.2) is 0 Å². The van der Waals surface area contributed by atoms with Crippen LogP contribution in [0.1, 0.15) is 38.9 Å². The number of benzene rings is 2. The van der Waals surface area contributed by atoms with Crippen molar-refractivity contribution in [2.45, 2.75) is 41.0 Å². The summed E-state index contributed by atoms with van der Waals surface area (Å²) < 4.78 is 0. The molecule has 0 saturated carbocycles. The zero-order chi connectivity index (χ0) is 16.6. The largest absolute Gasteiger partial charge is 4.00 e. The van der Waals surface area contributed by atoms with E-state index in [4.69, 9.17) is 0 Å². The fourth-order valence-corrected chi connectivity index (χ4v) is 3.40. The fraction of sp³-hybridized carbons (Fsp3) is 0.261. The van der Waals surface area contributed by atoms with Crippen molar-refractivity contribution >= 4 is 0 Å². The van der Waals surface area contributed by atoms with E-state index in [1.807, 2.05) is 6.07 Å². The van der Waals surface area contributed by atoms with Gasteiger partial charge >= 0.3 is 25.8 Å². The first-order valence-corrected chi connectivity index (χ1v) is 8.28. The van der Waals surface area contributed by atoms with E-state index in [1.165, 1.54) is 50.1 Å². The van der Waals surface area contributed by atoms with Crippen molar-refractivity contribution in [2.75, 3.05) is 0 Å². The fourth-order valence-electron chi connectivity index (χ4n) is 3.40. The van der Waals surface area contributed by atoms with Gasteiger partial charge in [-0.1, -0.05) is 70.0 Å². The molecule has 0 unspecified atom stereocenters. The third-order valence-electron chi connectivity index (χ3n) is 5.43. The van der Waals surface area contributed by atoms with Crippen LogP contribution in [0.2, 0.25) is 0 Å². The molecule has 0 nitrogen and oxygen atoms in total. The Labute approximate surface area is 211 Å². The third kappa shape index (κ3) is 5.13. The topological polar surface area (TPSA) is 0 Å². The SMILES string of the molecule is Cc1c(C)c(C)[c-](C)c1C.[Hf+4].[I-].[I-].[c-]1cccc2c1Cc1ccccc1-2. The van der Waals surface area contributed by atoms with Crippen LogP contribution in [0.25, 0.3) is 11.1 Å². The Hall–Kier alpha value is 0.120. The summed E-state index contributed by atoms with van der Waals surface area (Å²) in [6, 6.07) is 18.1. The van der Waals surface area contributed by atoms with Gasteiger partial charge < -0.3 is 48.0 Å². The second-order valence-electron chi connectivity index (χ2n) is 6.52. The first-order chi connectivity index (χ1) is 11.0. The molecule has 3 heteroatoms. The van der Waals surface area contributed by atoms with Crippen LogP contribution in [0.3, 0.4) is 0 Å². The van der Waals surface area contributed by atoms with Crippen LogP contribution < -0.4 is 48.0 Å². The standard InChI is InChI=1S/C13H9.C10H15.Hf.2HI/c1-3-7-12-10(5-1)9-11-6-2-4-8-13(11)12;1-6-7(2)9(4)10(5)8(6)3;;;/h1-5,7-8H,9H2;1-5H3;;2*1H/q2*-1;+4;;/p-2. The molecule has 0 heterocycles. The van der Waals surface area contributed by atoms with Crippen molar-refractivity contribution in [1.29, 1.82) is 0 Å². The van der Waals surface area contributed by atoms with E-state index in [2.05, 4.69) is 77.1 Å². The molecule has 1 aliphatic rings. The third-order valence-corrected chi connectivity index (χ3v) is 5.43. The summed E-state index contributed by atoms with van der Waals surface area (Å²) in [4.78, 5) is 0. The average molecular weight is 733 g/mol. The quantitative estimate of drug-likeness (QED) is 0.136. The first kappa shape index (κ1) is 26.1. The van der Waals surface area contributed by atoms with Gasteiger partial charge in [-0.2, -0.15) is 57.6 Å². The molecule has 0 saturated heterocycles. The van der Waals surface area contributed by atoms with Crippen LogP contribution in [-0.4, -0.2) is 0 Å². The molecule has 3 aromatic rings. The van der Waals surface area contributed by atoms with Gasteiger partial charge in [0, 0.05) is 0 Å². The van der Waals surface area contributed by atoms with Gasteiger partial charge in [-0.15, -0.1) is 5.56 Å². The van der Waals surface area contributed by atoms with E-state index in [-0.39, 0.29) is 73.8 Å². The predicted octanol–water partition coefficient (Wildman–Crippen LogP) is 0.0111. The second kappa shape index (κ2) is 11.2. The number of rotatable bonds is 0. The minimum Gasteiger partial charge on any atom is -1.00 e. The summed E-state index contributed by atoms with van der Waals surface area (Å²) in [5.41, 5.74) is 12.8. The minimum atomic E-state index is 0. The number of hydrogen-bond donors (Lipinski definition) is 0. The Balaban J connectivity index is 0.000000445. The maximum absolute atomic E-state index is 3.30. The summed E-state index contributed by atoms with van der Waals surface area (Å²) in [5, 5.41) is 0. The van der Waals surface area contributed by atoms with E-state index in [0.717, 1.165) is 6.42 Å². The van der Waals surface area contributed by atoms with Crippen molar-refractivity contribution < 1.29 is 73.8 Å². The zero-order valence-electron chi connectivity index (χ0n) is 16.0. The smallest absolute Gasteiger partial charge is 1.00 e. The summed E-state index contributed by atoms with van der Waals surface area (Å²) in [6.45, 7) is 11.0. The molecule has 0 atom stereocenters. The van der Waals surface area contributed by atoms with Crippen LogP contribution in [0.4, 0.5) is 0 Å². The maximum Gasteiger partial charge on any atom is 4.00 e. The van der Waals surface area contributed by atoms with E-state index >= 15 is 0 Å². The summed E-state index contributed by atoms with van der Waals surface area (Å²) in [7, 11) is 0. The summed E-state index contributed by atoms with van der Waals surface area (Å²) in [6.07, 6.45) is 1.05. The van der Waals surface area contributed by atoms with Crippen LogP contribution in [-0.2, 0) is 32.3 Å². The van der Waals surface area contributed by atoms with E-state index in [0.29, 0.717) is 0 Å². The Morgan fingerprint density at radius 1 is 0.808 bits per heavy atom. The molecule has 0 spiro atoms. The van der Waals surface area contributed by atoms with Crippen molar-refractivity contribution in [3.63, 3.8) is 0 Å². The number of hydrogen-bond acceptors (Lipinski definition) is 0. The van der Waals surface area contributed by atoms with Gasteiger partial charge in [0.25, 0.3) is 0 Å². The number of halogens is 2. The van der Waals surface area contributed by atoms with Gasteiger partial charge in [0.15, 0.2) is 0 Å². The van der Waals surface area contributed by atoms with E-state index < -0.39 is 0 Å². The van der Waals surface area contributed by atoms with Crippen molar-refractivity contribution in [3.05, 3.63) is 87.5 Å². The molecular weight excluding hydrogens is 709 g/mol. The molecule has 0 fully saturated rings. The van der Waals surface area contributed by atoms with Crippen LogP contribution in [0, 0.1) is 40.7 Å². The minimum absolute atomic E-state index is 0. The normalized spacial score (nSPS) is 10.2. The molecule has 0 radical (unpaired) electrons. The van der Waals surface area contributed by atoms with E-state index in [1.54, 1.807) is 0 Å². The Morgan fingerprint density at radius 2 is 1.35 bits per heavy atom. The molecule has 0 aliphatic heterocycles. The van der Waals surface area contributed by atoms with Crippen molar-refractivity contribution in [1.82, 2.24) is 0 Å². The molecule has 0 aromatic heterocycles. The van der Waals surface area contributed by atoms with Crippen LogP contribution in [0.15, 0.2) is 42.5 Å². The monoisotopic (exact) mass is 734 g/mol. The molecule has 0 bridgehead atoms. The Kier molecular flexibility index (Phi) is 11.3. The zero-order valence-corrected chi connectivity index (χ0v) is 23.9. The molecule has 4 rings (SSSR count). The van der Waals surface area contributed by atoms with Crippen LogP contribution in [0.5, 0.6) is 0 Å². The molecule has 1 aliphatic carbocycles. The summed E-state index contributed by atoms with van der Waals surface area (Å²) >= 11 is 0. The second-order valence-corrected chi connectivity index (χ2v) is 6.52. The molecule has 3 aromatic carbocycles. The summed E-state index contributed by atoms with van der Waals surface area (Å²) in [5.74, 6) is 0. The van der Waals surface area contributed by atoms with Crippen molar-refractivity contribution in [2.24, 2.45) is 0 Å². The first-order valence-electron chi connectivity index (χ1n) is 8.28. The Morgan fingerprint density at radius 3 is 1.88 bits per heavy atom. The predicted molar refractivity (Wildman–Crippen MR) is 99.2 cm³/mol. The maximum atomic E-state index is 3.30. The van der Waals surface area contributed by atoms with Crippen LogP contribution >= 0.6 is 0 Å². The molecular formula is C23H24HfI2. The van der Waals surface area contributed by atoms with Gasteiger partial charge in [-0.3, -0.25) is 0 Å². The van der Waals surface area contributed by atoms with Gasteiger partial charge in [0.2, 0.25) is 0 Å². The molecule has 134 valence electrons. The number of fused-ring (bicyclic) bond motifs is 3. The molecule has 26 heavy (non-hydrogen) atoms. The molecule has 0 N–H and O–H groups in total. The van der Waals surface area contributed by atoms with Gasteiger partial charge in [0.05, 0.1) is 0 Å². The van der Waals surface area contributed by atoms with Gasteiger partial charge in [0.1, 0.15) is 0 Å².